The number of nitrogens with two attached hydrogens (primary N) is 1. The minimum atomic E-state index is -0.0730. The van der Waals surface area contributed by atoms with Gasteiger partial charge in [0.05, 0.1) is 4.99 Å². The van der Waals surface area contributed by atoms with Gasteiger partial charge in [0.15, 0.2) is 0 Å². The van der Waals surface area contributed by atoms with E-state index in [1.165, 1.54) is 38.5 Å². The van der Waals surface area contributed by atoms with Gasteiger partial charge in [-0.05, 0) is 12.8 Å². The van der Waals surface area contributed by atoms with Crippen molar-refractivity contribution in [3.05, 3.63) is 0 Å². The van der Waals surface area contributed by atoms with Crippen LogP contribution in [0.15, 0.2) is 0 Å². The fourth-order valence-electron chi connectivity index (χ4n) is 1.54. The second kappa shape index (κ2) is 9.84. The molecule has 0 saturated heterocycles. The highest BCUT2D eigenvalue weighted by atomic mass is 32.1. The molecule has 0 fully saturated rings. The van der Waals surface area contributed by atoms with Crippen molar-refractivity contribution in [3.8, 4) is 0 Å². The Morgan fingerprint density at radius 2 is 1.65 bits per heavy atom. The molecule has 2 N–H and O–H groups in total. The van der Waals surface area contributed by atoms with Gasteiger partial charge >= 0.3 is 0 Å². The minimum absolute atomic E-state index is 0.0730. The van der Waals surface area contributed by atoms with Crippen LogP contribution < -0.4 is 5.73 Å². The van der Waals surface area contributed by atoms with Gasteiger partial charge in [0.1, 0.15) is 0 Å². The van der Waals surface area contributed by atoms with Crippen LogP contribution in [0.4, 0.5) is 0 Å². The van der Waals surface area contributed by atoms with Crippen molar-refractivity contribution in [2.75, 3.05) is 13.2 Å². The van der Waals surface area contributed by atoms with Gasteiger partial charge in [-0.25, -0.2) is 0 Å². The lowest BCUT2D eigenvalue weighted by atomic mass is 9.90. The van der Waals surface area contributed by atoms with Crippen molar-refractivity contribution < 1.29 is 4.74 Å². The average Bonchev–Trinajstić information content (AvgIpc) is 2.26. The van der Waals surface area contributed by atoms with Crippen molar-refractivity contribution in [1.82, 2.24) is 0 Å². The summed E-state index contributed by atoms with van der Waals surface area (Å²) in [6, 6.07) is 0. The van der Waals surface area contributed by atoms with Gasteiger partial charge in [-0.1, -0.05) is 65.1 Å². The summed E-state index contributed by atoms with van der Waals surface area (Å²) in [7, 11) is 0. The van der Waals surface area contributed by atoms with Gasteiger partial charge in [0, 0.05) is 18.6 Å². The van der Waals surface area contributed by atoms with Gasteiger partial charge in [0.2, 0.25) is 0 Å². The summed E-state index contributed by atoms with van der Waals surface area (Å²) < 4.78 is 5.61. The van der Waals surface area contributed by atoms with Crippen LogP contribution in [0.3, 0.4) is 0 Å². The summed E-state index contributed by atoms with van der Waals surface area (Å²) in [4.78, 5) is 0.584. The molecule has 0 aliphatic heterocycles. The van der Waals surface area contributed by atoms with E-state index in [1.54, 1.807) is 0 Å². The second-order valence-electron chi connectivity index (χ2n) is 5.38. The molecule has 0 aromatic carbocycles. The van der Waals surface area contributed by atoms with Crippen molar-refractivity contribution in [3.63, 3.8) is 0 Å². The quantitative estimate of drug-likeness (QED) is 0.449. The van der Waals surface area contributed by atoms with E-state index >= 15 is 0 Å². The molecule has 0 bridgehead atoms. The molecule has 0 spiro atoms. The normalized spacial score (nSPS) is 11.7. The first-order valence-electron chi connectivity index (χ1n) is 6.88. The highest BCUT2D eigenvalue weighted by Gasteiger charge is 2.20. The number of hydrogen-bond donors (Lipinski definition) is 1. The van der Waals surface area contributed by atoms with E-state index in [0.29, 0.717) is 4.99 Å². The molecule has 0 aliphatic rings. The van der Waals surface area contributed by atoms with Crippen molar-refractivity contribution in [2.45, 2.75) is 65.7 Å². The largest absolute Gasteiger partial charge is 0.393 e. The number of rotatable bonds is 11. The summed E-state index contributed by atoms with van der Waals surface area (Å²) in [5, 5.41) is 0. The number of thiocarbonyl (C=S) groups is 1. The molecule has 0 amide bonds. The molecule has 17 heavy (non-hydrogen) atoms. The van der Waals surface area contributed by atoms with E-state index in [4.69, 9.17) is 22.7 Å². The predicted octanol–water partition coefficient (Wildman–Crippen LogP) is 4.07. The average molecular weight is 259 g/mol. The molecule has 0 radical (unpaired) electrons. The number of ether oxygens (including phenoxy) is 1. The van der Waals surface area contributed by atoms with Crippen molar-refractivity contribution in [1.29, 1.82) is 0 Å². The van der Waals surface area contributed by atoms with E-state index < -0.39 is 0 Å². The summed E-state index contributed by atoms with van der Waals surface area (Å²) in [5.41, 5.74) is 5.58. The topological polar surface area (TPSA) is 35.2 Å². The highest BCUT2D eigenvalue weighted by Crippen LogP contribution is 2.20. The standard InChI is InChI=1S/C14H29NOS/c1-4-5-6-7-8-9-11-16-12-10-14(2,3)13(15)17/h4-12H2,1-3H3,(H2,15,17). The second-order valence-corrected chi connectivity index (χ2v) is 5.82. The molecular formula is C14H29NOS. The molecule has 0 aliphatic carbocycles. The van der Waals surface area contributed by atoms with Crippen LogP contribution in [0.1, 0.15) is 65.7 Å². The van der Waals surface area contributed by atoms with E-state index in [1.807, 2.05) is 0 Å². The monoisotopic (exact) mass is 259 g/mol. The van der Waals surface area contributed by atoms with Gasteiger partial charge in [-0.3, -0.25) is 0 Å². The lowest BCUT2D eigenvalue weighted by molar-refractivity contribution is 0.113. The Kier molecular flexibility index (Phi) is 9.75. The first-order chi connectivity index (χ1) is 8.00. The maximum atomic E-state index is 5.66. The SMILES string of the molecule is CCCCCCCCOCCC(C)(C)C(N)=S. The van der Waals surface area contributed by atoms with Crippen LogP contribution in [0, 0.1) is 5.41 Å². The third kappa shape index (κ3) is 9.54. The lowest BCUT2D eigenvalue weighted by Crippen LogP contribution is -2.30. The lowest BCUT2D eigenvalue weighted by Gasteiger charge is -2.22. The number of hydrogen-bond acceptors (Lipinski definition) is 2. The third-order valence-electron chi connectivity index (χ3n) is 3.18. The first-order valence-corrected chi connectivity index (χ1v) is 7.29. The van der Waals surface area contributed by atoms with E-state index in [2.05, 4.69) is 20.8 Å². The van der Waals surface area contributed by atoms with Crippen LogP contribution in [0.5, 0.6) is 0 Å². The third-order valence-corrected chi connectivity index (χ3v) is 3.73. The Morgan fingerprint density at radius 3 is 2.24 bits per heavy atom. The Bertz CT molecular complexity index is 204. The van der Waals surface area contributed by atoms with E-state index in [-0.39, 0.29) is 5.41 Å². The fraction of sp³-hybridized carbons (Fsp3) is 0.929. The Hall–Kier alpha value is -0.150. The van der Waals surface area contributed by atoms with E-state index in [0.717, 1.165) is 19.6 Å². The van der Waals surface area contributed by atoms with Gasteiger partial charge in [-0.15, -0.1) is 0 Å². The molecule has 0 saturated carbocycles. The predicted molar refractivity (Wildman–Crippen MR) is 79.4 cm³/mol. The fourth-order valence-corrected chi connectivity index (χ4v) is 1.64. The molecule has 0 aromatic rings. The van der Waals surface area contributed by atoms with Crippen LogP contribution in [-0.4, -0.2) is 18.2 Å². The van der Waals surface area contributed by atoms with Crippen molar-refractivity contribution in [2.24, 2.45) is 11.1 Å². The molecule has 0 aromatic heterocycles. The Balaban J connectivity index is 3.27. The first kappa shape index (κ1) is 16.9. The maximum absolute atomic E-state index is 5.66. The molecule has 0 atom stereocenters. The summed E-state index contributed by atoms with van der Waals surface area (Å²) in [5.74, 6) is 0. The zero-order chi connectivity index (χ0) is 13.1. The van der Waals surface area contributed by atoms with Crippen LogP contribution >= 0.6 is 12.2 Å². The zero-order valence-corrected chi connectivity index (χ0v) is 12.6. The van der Waals surface area contributed by atoms with Gasteiger partial charge in [0.25, 0.3) is 0 Å². The minimum Gasteiger partial charge on any atom is -0.393 e. The molecule has 0 unspecified atom stereocenters. The zero-order valence-electron chi connectivity index (χ0n) is 11.8. The number of unbranched alkanes of at least 4 members (excludes halogenated alkanes) is 5. The molecule has 0 heterocycles. The van der Waals surface area contributed by atoms with Crippen LogP contribution in [0.2, 0.25) is 0 Å². The van der Waals surface area contributed by atoms with Crippen LogP contribution in [-0.2, 0) is 4.74 Å². The Morgan fingerprint density at radius 1 is 1.06 bits per heavy atom. The van der Waals surface area contributed by atoms with Crippen LogP contribution in [0.25, 0.3) is 0 Å². The summed E-state index contributed by atoms with van der Waals surface area (Å²) in [6.07, 6.45) is 8.77. The highest BCUT2D eigenvalue weighted by molar-refractivity contribution is 7.80. The van der Waals surface area contributed by atoms with Crippen molar-refractivity contribution >= 4 is 17.2 Å². The summed E-state index contributed by atoms with van der Waals surface area (Å²) >= 11 is 5.01. The summed E-state index contributed by atoms with van der Waals surface area (Å²) in [6.45, 7) is 8.03. The maximum Gasteiger partial charge on any atom is 0.0785 e. The van der Waals surface area contributed by atoms with E-state index in [9.17, 15) is 0 Å². The molecule has 102 valence electrons. The molecule has 3 heteroatoms. The van der Waals surface area contributed by atoms with Gasteiger partial charge < -0.3 is 10.5 Å². The smallest absolute Gasteiger partial charge is 0.0785 e. The van der Waals surface area contributed by atoms with Gasteiger partial charge in [-0.2, -0.15) is 0 Å². The molecule has 2 nitrogen and oxygen atoms in total. The molecule has 0 rings (SSSR count). The Labute approximate surface area is 112 Å². The molecular weight excluding hydrogens is 230 g/mol.